The van der Waals surface area contributed by atoms with E-state index in [4.69, 9.17) is 11.6 Å². The highest BCUT2D eigenvalue weighted by Gasteiger charge is 2.43. The molecule has 3 aromatic rings. The average molecular weight is 465 g/mol. The van der Waals surface area contributed by atoms with Crippen molar-refractivity contribution in [3.8, 4) is 11.4 Å². The lowest BCUT2D eigenvalue weighted by molar-refractivity contribution is 0.261. The van der Waals surface area contributed by atoms with E-state index in [-0.39, 0.29) is 17.1 Å². The van der Waals surface area contributed by atoms with Crippen molar-refractivity contribution in [2.45, 2.75) is 43.4 Å². The zero-order valence-corrected chi connectivity index (χ0v) is 18.3. The number of rotatable bonds is 6. The highest BCUT2D eigenvalue weighted by molar-refractivity contribution is 7.90. The lowest BCUT2D eigenvalue weighted by Crippen LogP contribution is -2.48. The predicted octanol–water partition coefficient (Wildman–Crippen LogP) is 3.57. The maximum absolute atomic E-state index is 14.5. The van der Waals surface area contributed by atoms with Gasteiger partial charge >= 0.3 is 0 Å². The van der Waals surface area contributed by atoms with Crippen LogP contribution in [-0.4, -0.2) is 57.0 Å². The molecule has 2 N–H and O–H groups in total. The van der Waals surface area contributed by atoms with Crippen LogP contribution < -0.4 is 5.32 Å². The Morgan fingerprint density at radius 3 is 2.87 bits per heavy atom. The molecule has 164 valence electrons. The lowest BCUT2D eigenvalue weighted by Gasteiger charge is -2.35. The second kappa shape index (κ2) is 7.99. The Morgan fingerprint density at radius 1 is 1.23 bits per heavy atom. The monoisotopic (exact) mass is 464 g/mol. The van der Waals surface area contributed by atoms with E-state index in [1.165, 1.54) is 6.20 Å². The van der Waals surface area contributed by atoms with Gasteiger partial charge in [-0.1, -0.05) is 18.0 Å². The molecule has 0 radical (unpaired) electrons. The Labute approximate surface area is 184 Å². The van der Waals surface area contributed by atoms with Crippen molar-refractivity contribution in [2.75, 3.05) is 18.4 Å². The molecule has 8 nitrogen and oxygen atoms in total. The predicted molar refractivity (Wildman–Crippen MR) is 117 cm³/mol. The summed E-state index contributed by atoms with van der Waals surface area (Å²) in [7, 11) is -3.28. The van der Waals surface area contributed by atoms with E-state index in [0.717, 1.165) is 43.7 Å². The Kier molecular flexibility index (Phi) is 5.31. The van der Waals surface area contributed by atoms with Gasteiger partial charge in [0.05, 0.1) is 16.5 Å². The van der Waals surface area contributed by atoms with Gasteiger partial charge < -0.3 is 10.3 Å². The smallest absolute Gasteiger partial charge is 0.217 e. The first-order chi connectivity index (χ1) is 14.9. The van der Waals surface area contributed by atoms with Crippen LogP contribution in [-0.2, 0) is 10.0 Å². The molecule has 2 fully saturated rings. The molecule has 4 heterocycles. The molecule has 5 rings (SSSR count). The van der Waals surface area contributed by atoms with E-state index in [1.807, 2.05) is 0 Å². The van der Waals surface area contributed by atoms with Crippen molar-refractivity contribution < 1.29 is 12.8 Å². The normalized spacial score (nSPS) is 20.3. The minimum absolute atomic E-state index is 0.0451. The topological polar surface area (TPSA) is 104 Å². The molecule has 0 spiro atoms. The van der Waals surface area contributed by atoms with E-state index < -0.39 is 15.8 Å². The highest BCUT2D eigenvalue weighted by atomic mass is 35.5. The van der Waals surface area contributed by atoms with Crippen molar-refractivity contribution in [3.05, 3.63) is 35.5 Å². The van der Waals surface area contributed by atoms with E-state index in [9.17, 15) is 12.8 Å². The van der Waals surface area contributed by atoms with E-state index in [1.54, 1.807) is 16.6 Å². The number of anilines is 1. The summed E-state index contributed by atoms with van der Waals surface area (Å²) >= 11 is 6.06. The number of nitrogens with zero attached hydrogens (tertiary/aromatic N) is 4. The van der Waals surface area contributed by atoms with Crippen molar-refractivity contribution in [1.29, 1.82) is 0 Å². The number of pyridine rings is 1. The van der Waals surface area contributed by atoms with Gasteiger partial charge in [0.25, 0.3) is 0 Å². The van der Waals surface area contributed by atoms with Crippen molar-refractivity contribution in [1.82, 2.24) is 24.2 Å². The van der Waals surface area contributed by atoms with Gasteiger partial charge in [-0.15, -0.1) is 0 Å². The maximum Gasteiger partial charge on any atom is 0.217 e. The SMILES string of the molecule is O=S(=O)(C1CC1)N1CCCCC1CNc1nc(-c2c[nH]c3ncc(Cl)cc23)ncc1F. The van der Waals surface area contributed by atoms with Crippen LogP contribution in [0.2, 0.25) is 5.02 Å². The fraction of sp³-hybridized carbons (Fsp3) is 0.450. The fourth-order valence-electron chi connectivity index (χ4n) is 4.07. The third-order valence-electron chi connectivity index (χ3n) is 5.83. The van der Waals surface area contributed by atoms with Gasteiger partial charge in [0.2, 0.25) is 10.0 Å². The number of nitrogens with one attached hydrogen (secondary N) is 2. The number of hydrogen-bond acceptors (Lipinski definition) is 6. The standard InChI is InChI=1S/C20H22ClFN6O2S/c21-12-7-15-16(10-25-18(15)23-8-12)19-26-11-17(22)20(27-19)24-9-13-3-1-2-6-28(13)31(29,30)14-4-5-14/h7-8,10-11,13-14H,1-6,9H2,(H,23,25)(H,24,26,27). The molecule has 1 aliphatic heterocycles. The lowest BCUT2D eigenvalue weighted by atomic mass is 10.1. The van der Waals surface area contributed by atoms with Crippen molar-refractivity contribution >= 4 is 38.5 Å². The summed E-state index contributed by atoms with van der Waals surface area (Å²) < 4.78 is 41.6. The first kappa shape index (κ1) is 20.6. The van der Waals surface area contributed by atoms with Gasteiger partial charge in [-0.05, 0) is 31.7 Å². The first-order valence-electron chi connectivity index (χ1n) is 10.3. The van der Waals surface area contributed by atoms with Crippen LogP contribution >= 0.6 is 11.6 Å². The fourth-order valence-corrected chi connectivity index (χ4v) is 6.32. The molecule has 3 aromatic heterocycles. The van der Waals surface area contributed by atoms with Gasteiger partial charge in [0, 0.05) is 42.5 Å². The van der Waals surface area contributed by atoms with E-state index in [0.29, 0.717) is 35.1 Å². The molecule has 2 aliphatic rings. The number of sulfonamides is 1. The number of H-pyrrole nitrogens is 1. The minimum atomic E-state index is -3.28. The van der Waals surface area contributed by atoms with Crippen LogP contribution in [0.25, 0.3) is 22.4 Å². The average Bonchev–Trinajstić information content (AvgIpc) is 3.55. The molecule has 1 saturated heterocycles. The van der Waals surface area contributed by atoms with Gasteiger partial charge in [0.1, 0.15) is 5.65 Å². The van der Waals surface area contributed by atoms with E-state index in [2.05, 4.69) is 25.3 Å². The summed E-state index contributed by atoms with van der Waals surface area (Å²) in [4.78, 5) is 15.7. The largest absolute Gasteiger partial charge is 0.366 e. The molecular weight excluding hydrogens is 443 g/mol. The number of halogens is 2. The van der Waals surface area contributed by atoms with Gasteiger partial charge in [-0.2, -0.15) is 4.31 Å². The second-order valence-electron chi connectivity index (χ2n) is 8.03. The summed E-state index contributed by atoms with van der Waals surface area (Å²) in [5, 5.41) is 3.98. The molecule has 0 aromatic carbocycles. The summed E-state index contributed by atoms with van der Waals surface area (Å²) in [6.45, 7) is 0.812. The van der Waals surface area contributed by atoms with Gasteiger partial charge in [-0.25, -0.2) is 27.8 Å². The third kappa shape index (κ3) is 3.99. The Hall–Kier alpha value is -2.30. The molecule has 11 heteroatoms. The summed E-state index contributed by atoms with van der Waals surface area (Å²) in [6.07, 6.45) is 8.35. The van der Waals surface area contributed by atoms with Crippen LogP contribution in [0.15, 0.2) is 24.7 Å². The van der Waals surface area contributed by atoms with Crippen molar-refractivity contribution in [2.24, 2.45) is 0 Å². The number of aromatic amines is 1. The molecule has 1 atom stereocenters. The summed E-state index contributed by atoms with van der Waals surface area (Å²) in [5.41, 5.74) is 1.29. The number of hydrogen-bond donors (Lipinski definition) is 2. The van der Waals surface area contributed by atoms with Crippen LogP contribution in [0.1, 0.15) is 32.1 Å². The van der Waals surface area contributed by atoms with Crippen LogP contribution in [0, 0.1) is 5.82 Å². The Morgan fingerprint density at radius 2 is 2.06 bits per heavy atom. The zero-order valence-electron chi connectivity index (χ0n) is 16.7. The molecule has 0 amide bonds. The van der Waals surface area contributed by atoms with Crippen molar-refractivity contribution in [3.63, 3.8) is 0 Å². The molecule has 31 heavy (non-hydrogen) atoms. The molecule has 1 aliphatic carbocycles. The minimum Gasteiger partial charge on any atom is -0.366 e. The Bertz CT molecular complexity index is 1230. The highest BCUT2D eigenvalue weighted by Crippen LogP contribution is 2.34. The summed E-state index contributed by atoms with van der Waals surface area (Å²) in [5.74, 6) is -0.221. The van der Waals surface area contributed by atoms with Gasteiger partial charge in [0.15, 0.2) is 17.5 Å². The number of aromatic nitrogens is 4. The summed E-state index contributed by atoms with van der Waals surface area (Å²) in [6, 6.07) is 1.53. The second-order valence-corrected chi connectivity index (χ2v) is 10.6. The molecular formula is C20H22ClFN6O2S. The maximum atomic E-state index is 14.5. The molecule has 0 bridgehead atoms. The van der Waals surface area contributed by atoms with Gasteiger partial charge in [-0.3, -0.25) is 0 Å². The number of piperidine rings is 1. The van der Waals surface area contributed by atoms with Crippen LogP contribution in [0.4, 0.5) is 10.2 Å². The molecule has 1 unspecified atom stereocenters. The third-order valence-corrected chi connectivity index (χ3v) is 8.49. The quantitative estimate of drug-likeness (QED) is 0.578. The number of fused-ring (bicyclic) bond motifs is 1. The first-order valence-corrected chi connectivity index (χ1v) is 12.2. The Balaban J connectivity index is 1.39. The zero-order chi connectivity index (χ0) is 21.6. The van der Waals surface area contributed by atoms with Crippen LogP contribution in [0.5, 0.6) is 0 Å². The van der Waals surface area contributed by atoms with E-state index >= 15 is 0 Å². The van der Waals surface area contributed by atoms with Crippen LogP contribution in [0.3, 0.4) is 0 Å². The molecule has 1 saturated carbocycles.